The number of amides is 1. The van der Waals surface area contributed by atoms with Crippen molar-refractivity contribution in [3.05, 3.63) is 94.8 Å². The van der Waals surface area contributed by atoms with Gasteiger partial charge in [-0.05, 0) is 48.4 Å². The van der Waals surface area contributed by atoms with Crippen molar-refractivity contribution in [1.82, 2.24) is 0 Å². The number of halogens is 1. The molecule has 34 heavy (non-hydrogen) atoms. The molecule has 174 valence electrons. The Morgan fingerprint density at radius 3 is 2.29 bits per heavy atom. The monoisotopic (exact) mass is 461 g/mol. The second kappa shape index (κ2) is 9.39. The van der Waals surface area contributed by atoms with Crippen LogP contribution in [-0.2, 0) is 16.0 Å². The molecule has 1 amide bonds. The fourth-order valence-electron chi connectivity index (χ4n) is 4.19. The maximum atomic E-state index is 14.1. The van der Waals surface area contributed by atoms with Crippen molar-refractivity contribution in [2.24, 2.45) is 0 Å². The number of para-hydroxylation sites is 1. The van der Waals surface area contributed by atoms with Crippen LogP contribution in [-0.4, -0.2) is 31.0 Å². The van der Waals surface area contributed by atoms with Crippen molar-refractivity contribution < 1.29 is 28.6 Å². The molecule has 0 aromatic heterocycles. The minimum absolute atomic E-state index is 0.0262. The summed E-state index contributed by atoms with van der Waals surface area (Å²) in [5.74, 6) is -2.26. The number of Topliss-reactive ketones (excluding diaryl/α,β-unsaturated/α-hetero) is 1. The van der Waals surface area contributed by atoms with Crippen LogP contribution in [0.25, 0.3) is 5.76 Å². The molecule has 1 unspecified atom stereocenters. The van der Waals surface area contributed by atoms with E-state index in [1.54, 1.807) is 36.4 Å². The summed E-state index contributed by atoms with van der Waals surface area (Å²) < 4.78 is 24.9. The van der Waals surface area contributed by atoms with E-state index in [2.05, 4.69) is 0 Å². The number of ketones is 1. The van der Waals surface area contributed by atoms with Crippen molar-refractivity contribution in [3.63, 3.8) is 0 Å². The van der Waals surface area contributed by atoms with E-state index < -0.39 is 29.3 Å². The summed E-state index contributed by atoms with van der Waals surface area (Å²) in [6, 6.07) is 16.8. The molecule has 0 saturated carbocycles. The summed E-state index contributed by atoms with van der Waals surface area (Å²) in [6.45, 7) is 2.02. The average molecular weight is 461 g/mol. The van der Waals surface area contributed by atoms with Crippen LogP contribution in [0.15, 0.2) is 72.3 Å². The lowest BCUT2D eigenvalue weighted by Gasteiger charge is -2.27. The van der Waals surface area contributed by atoms with E-state index in [-0.39, 0.29) is 16.9 Å². The van der Waals surface area contributed by atoms with E-state index in [4.69, 9.17) is 9.47 Å². The van der Waals surface area contributed by atoms with Crippen LogP contribution in [0.1, 0.15) is 29.7 Å². The standard InChI is InChI=1S/C27H24FNO5/c1-4-16-9-12-18(13-10-16)29-24(19-7-5-6-8-21(19)33-2)23(26(31)27(29)32)25(30)20-15-17(28)11-14-22(20)34-3/h5-15,24,30H,4H2,1-3H3/b25-23+. The predicted molar refractivity (Wildman–Crippen MR) is 127 cm³/mol. The molecule has 3 aromatic rings. The Labute approximate surface area is 196 Å². The van der Waals surface area contributed by atoms with Crippen LogP contribution in [0.4, 0.5) is 10.1 Å². The summed E-state index contributed by atoms with van der Waals surface area (Å²) in [5.41, 5.74) is 1.85. The van der Waals surface area contributed by atoms with Crippen molar-refractivity contribution in [2.45, 2.75) is 19.4 Å². The molecular formula is C27H24FNO5. The van der Waals surface area contributed by atoms with Gasteiger partial charge in [-0.2, -0.15) is 0 Å². The lowest BCUT2D eigenvalue weighted by Crippen LogP contribution is -2.29. The van der Waals surface area contributed by atoms with Crippen molar-refractivity contribution in [3.8, 4) is 11.5 Å². The second-order valence-electron chi connectivity index (χ2n) is 7.78. The molecule has 1 aliphatic heterocycles. The first kappa shape index (κ1) is 23.0. The highest BCUT2D eigenvalue weighted by Crippen LogP contribution is 2.45. The third kappa shape index (κ3) is 3.90. The van der Waals surface area contributed by atoms with Gasteiger partial charge in [-0.25, -0.2) is 4.39 Å². The maximum absolute atomic E-state index is 14.1. The van der Waals surface area contributed by atoms with Gasteiger partial charge in [0.2, 0.25) is 0 Å². The molecule has 0 aliphatic carbocycles. The predicted octanol–water partition coefficient (Wildman–Crippen LogP) is 5.03. The number of nitrogens with zero attached hydrogens (tertiary/aromatic N) is 1. The van der Waals surface area contributed by atoms with Gasteiger partial charge in [0.05, 0.1) is 31.4 Å². The van der Waals surface area contributed by atoms with Crippen LogP contribution in [0.5, 0.6) is 11.5 Å². The number of carbonyl (C=O) groups is 2. The number of ether oxygens (including phenoxy) is 2. The molecular weight excluding hydrogens is 437 g/mol. The molecule has 1 N–H and O–H groups in total. The van der Waals surface area contributed by atoms with Crippen LogP contribution in [0, 0.1) is 5.82 Å². The number of aryl methyl sites for hydroxylation is 1. The highest BCUT2D eigenvalue weighted by molar-refractivity contribution is 6.51. The molecule has 3 aromatic carbocycles. The van der Waals surface area contributed by atoms with Crippen LogP contribution < -0.4 is 14.4 Å². The lowest BCUT2D eigenvalue weighted by atomic mass is 9.94. The number of carbonyl (C=O) groups excluding carboxylic acids is 2. The molecule has 1 aliphatic rings. The van der Waals surface area contributed by atoms with Gasteiger partial charge < -0.3 is 14.6 Å². The van der Waals surface area contributed by atoms with Crippen LogP contribution in [0.3, 0.4) is 0 Å². The normalized spacial score (nSPS) is 17.2. The molecule has 0 spiro atoms. The third-order valence-corrected chi connectivity index (χ3v) is 5.92. The summed E-state index contributed by atoms with van der Waals surface area (Å²) in [6.07, 6.45) is 0.814. The number of methoxy groups -OCH3 is 2. The van der Waals surface area contributed by atoms with Gasteiger partial charge in [0.15, 0.2) is 0 Å². The Morgan fingerprint density at radius 2 is 1.65 bits per heavy atom. The minimum atomic E-state index is -1.00. The molecule has 0 bridgehead atoms. The first-order chi connectivity index (χ1) is 16.4. The number of anilines is 1. The molecule has 1 atom stereocenters. The molecule has 7 heteroatoms. The zero-order valence-corrected chi connectivity index (χ0v) is 19.0. The molecule has 1 heterocycles. The average Bonchev–Trinajstić information content (AvgIpc) is 3.13. The number of rotatable bonds is 6. The topological polar surface area (TPSA) is 76.1 Å². The Hall–Kier alpha value is -4.13. The Kier molecular flexibility index (Phi) is 6.36. The van der Waals surface area contributed by atoms with Crippen molar-refractivity contribution in [2.75, 3.05) is 19.1 Å². The van der Waals surface area contributed by atoms with Gasteiger partial charge in [0, 0.05) is 11.3 Å². The quantitative estimate of drug-likeness (QED) is 0.317. The number of hydrogen-bond donors (Lipinski definition) is 1. The fraction of sp³-hybridized carbons (Fsp3) is 0.185. The summed E-state index contributed by atoms with van der Waals surface area (Å²) in [7, 11) is 2.85. The Bertz CT molecular complexity index is 1280. The second-order valence-corrected chi connectivity index (χ2v) is 7.78. The van der Waals surface area contributed by atoms with Gasteiger partial charge in [0.25, 0.3) is 11.7 Å². The first-order valence-corrected chi connectivity index (χ1v) is 10.8. The number of aliphatic hydroxyl groups excluding tert-OH is 1. The summed E-state index contributed by atoms with van der Waals surface area (Å²) in [4.78, 5) is 27.9. The third-order valence-electron chi connectivity index (χ3n) is 5.92. The van der Waals surface area contributed by atoms with E-state index >= 15 is 0 Å². The number of aliphatic hydroxyl groups is 1. The van der Waals surface area contributed by atoms with Crippen LogP contribution in [0.2, 0.25) is 0 Å². The highest BCUT2D eigenvalue weighted by Gasteiger charge is 2.48. The molecule has 4 rings (SSSR count). The summed E-state index contributed by atoms with van der Waals surface area (Å²) >= 11 is 0. The van der Waals surface area contributed by atoms with Gasteiger partial charge in [-0.15, -0.1) is 0 Å². The maximum Gasteiger partial charge on any atom is 0.300 e. The van der Waals surface area contributed by atoms with Crippen molar-refractivity contribution >= 4 is 23.1 Å². The lowest BCUT2D eigenvalue weighted by molar-refractivity contribution is -0.132. The SMILES string of the molecule is CCc1ccc(N2C(=O)C(=O)/C(=C(/O)c3cc(F)ccc3OC)C2c2ccccc2OC)cc1. The smallest absolute Gasteiger partial charge is 0.300 e. The number of benzene rings is 3. The molecule has 0 radical (unpaired) electrons. The van der Waals surface area contributed by atoms with E-state index in [0.29, 0.717) is 17.0 Å². The number of hydrogen-bond acceptors (Lipinski definition) is 5. The highest BCUT2D eigenvalue weighted by atomic mass is 19.1. The first-order valence-electron chi connectivity index (χ1n) is 10.8. The largest absolute Gasteiger partial charge is 0.507 e. The van der Waals surface area contributed by atoms with E-state index in [9.17, 15) is 19.1 Å². The van der Waals surface area contributed by atoms with E-state index in [1.165, 1.54) is 31.3 Å². The van der Waals surface area contributed by atoms with Gasteiger partial charge >= 0.3 is 0 Å². The van der Waals surface area contributed by atoms with Gasteiger partial charge in [-0.1, -0.05) is 37.3 Å². The molecule has 6 nitrogen and oxygen atoms in total. The summed E-state index contributed by atoms with van der Waals surface area (Å²) in [5, 5.41) is 11.3. The van der Waals surface area contributed by atoms with Gasteiger partial charge in [-0.3, -0.25) is 14.5 Å². The molecule has 1 saturated heterocycles. The molecule has 1 fully saturated rings. The fourth-order valence-corrected chi connectivity index (χ4v) is 4.19. The van der Waals surface area contributed by atoms with E-state index in [1.807, 2.05) is 19.1 Å². The minimum Gasteiger partial charge on any atom is -0.507 e. The van der Waals surface area contributed by atoms with Crippen molar-refractivity contribution in [1.29, 1.82) is 0 Å². The Balaban J connectivity index is 2.00. The Morgan fingerprint density at radius 1 is 0.971 bits per heavy atom. The zero-order valence-electron chi connectivity index (χ0n) is 19.0. The van der Waals surface area contributed by atoms with Crippen LogP contribution >= 0.6 is 0 Å². The zero-order chi connectivity index (χ0) is 24.4. The van der Waals surface area contributed by atoms with Gasteiger partial charge in [0.1, 0.15) is 23.1 Å². The van der Waals surface area contributed by atoms with E-state index in [0.717, 1.165) is 18.1 Å².